The maximum Gasteiger partial charge on any atom is 0.326 e. The first-order valence-electron chi connectivity index (χ1n) is 6.06. The lowest BCUT2D eigenvalue weighted by atomic mass is 10.3. The van der Waals surface area contributed by atoms with Crippen LogP contribution in [0.3, 0.4) is 0 Å². The molecule has 7 heteroatoms. The second-order valence-corrected chi connectivity index (χ2v) is 4.02. The Morgan fingerprint density at radius 2 is 2.30 bits per heavy atom. The van der Waals surface area contributed by atoms with E-state index < -0.39 is 5.97 Å². The van der Waals surface area contributed by atoms with Crippen molar-refractivity contribution in [3.63, 3.8) is 0 Å². The number of esters is 1. The number of hydrogen-bond acceptors (Lipinski definition) is 5. The molecule has 0 bridgehead atoms. The quantitative estimate of drug-likeness (QED) is 0.500. The van der Waals surface area contributed by atoms with Gasteiger partial charge in [-0.05, 0) is 6.20 Å². The molecule has 0 N–H and O–H groups in total. The number of likely N-dealkylation sites (N-methyl/N-ethyl adjacent to an activating group) is 1. The van der Waals surface area contributed by atoms with E-state index in [1.54, 1.807) is 17.0 Å². The first-order chi connectivity index (χ1) is 9.58. The van der Waals surface area contributed by atoms with Gasteiger partial charge in [-0.25, -0.2) is 4.98 Å². The summed E-state index contributed by atoms with van der Waals surface area (Å²) in [5.41, 5.74) is 0. The average Bonchev–Trinajstić information content (AvgIpc) is 2.88. The lowest BCUT2D eigenvalue weighted by molar-refractivity contribution is -0.151. The van der Waals surface area contributed by atoms with Crippen LogP contribution in [0.1, 0.15) is 12.2 Å². The van der Waals surface area contributed by atoms with E-state index in [-0.39, 0.29) is 19.1 Å². The molecule has 1 amide bonds. The Kier molecular flexibility index (Phi) is 6.15. The predicted molar refractivity (Wildman–Crippen MR) is 70.5 cm³/mol. The largest absolute Gasteiger partial charge is 0.454 e. The van der Waals surface area contributed by atoms with E-state index in [1.165, 1.54) is 18.1 Å². The summed E-state index contributed by atoms with van der Waals surface area (Å²) in [7, 11) is 1.52. The van der Waals surface area contributed by atoms with Crippen LogP contribution in [-0.4, -0.2) is 46.3 Å². The highest BCUT2D eigenvalue weighted by molar-refractivity contribution is 5.81. The van der Waals surface area contributed by atoms with Crippen LogP contribution >= 0.6 is 0 Å². The van der Waals surface area contributed by atoms with Crippen molar-refractivity contribution in [3.8, 4) is 0 Å². The molecule has 0 radical (unpaired) electrons. The number of aldehydes is 1. The van der Waals surface area contributed by atoms with E-state index in [9.17, 15) is 14.4 Å². The molecule has 108 valence electrons. The maximum absolute atomic E-state index is 11.6. The number of aryl methyl sites for hydroxylation is 1. The number of amides is 1. The molecular weight excluding hydrogens is 262 g/mol. The van der Waals surface area contributed by atoms with Gasteiger partial charge in [0.05, 0.1) is 0 Å². The third-order valence-corrected chi connectivity index (χ3v) is 2.61. The molecule has 0 unspecified atom stereocenters. The van der Waals surface area contributed by atoms with Crippen LogP contribution in [0.25, 0.3) is 0 Å². The predicted octanol–water partition coefficient (Wildman–Crippen LogP) is 0.160. The van der Waals surface area contributed by atoms with Crippen LogP contribution in [0.15, 0.2) is 25.2 Å². The Morgan fingerprint density at radius 1 is 1.55 bits per heavy atom. The smallest absolute Gasteiger partial charge is 0.326 e. The first-order valence-corrected chi connectivity index (χ1v) is 6.06. The molecule has 1 heterocycles. The minimum absolute atomic E-state index is 0.0424. The van der Waals surface area contributed by atoms with Gasteiger partial charge in [-0.3, -0.25) is 9.59 Å². The minimum atomic E-state index is -0.541. The average molecular weight is 279 g/mol. The van der Waals surface area contributed by atoms with Gasteiger partial charge in [-0.1, -0.05) is 6.58 Å². The van der Waals surface area contributed by atoms with Crippen molar-refractivity contribution in [1.29, 1.82) is 0 Å². The standard InChI is InChI=1S/C13H17N3O4/c1-3-15(2)12(18)10-20-13(19)9-16-7-6-14-11(16)5-4-8-17/h3,6-8H,1,4-5,9-10H2,2H3. The van der Waals surface area contributed by atoms with Crippen molar-refractivity contribution >= 4 is 18.2 Å². The third-order valence-electron chi connectivity index (χ3n) is 2.61. The maximum atomic E-state index is 11.6. The Labute approximate surface area is 116 Å². The lowest BCUT2D eigenvalue weighted by Gasteiger charge is -2.12. The molecular formula is C13H17N3O4. The van der Waals surface area contributed by atoms with Gasteiger partial charge < -0.3 is 19.0 Å². The van der Waals surface area contributed by atoms with Gasteiger partial charge >= 0.3 is 5.97 Å². The molecule has 0 aromatic carbocycles. The van der Waals surface area contributed by atoms with Crippen molar-refractivity contribution in [2.24, 2.45) is 0 Å². The third kappa shape index (κ3) is 4.68. The van der Waals surface area contributed by atoms with Gasteiger partial charge in [0.1, 0.15) is 18.7 Å². The van der Waals surface area contributed by atoms with Gasteiger partial charge in [-0.2, -0.15) is 0 Å². The zero-order chi connectivity index (χ0) is 15.0. The van der Waals surface area contributed by atoms with Crippen molar-refractivity contribution in [2.75, 3.05) is 13.7 Å². The summed E-state index contributed by atoms with van der Waals surface area (Å²) in [6.07, 6.45) is 6.10. The highest BCUT2D eigenvalue weighted by atomic mass is 16.5. The summed E-state index contributed by atoms with van der Waals surface area (Å²) >= 11 is 0. The fraction of sp³-hybridized carbons (Fsp3) is 0.385. The van der Waals surface area contributed by atoms with Gasteiger partial charge in [0, 0.05) is 32.3 Å². The lowest BCUT2D eigenvalue weighted by Crippen LogP contribution is -2.27. The Balaban J connectivity index is 2.46. The molecule has 0 saturated heterocycles. The molecule has 0 fully saturated rings. The van der Waals surface area contributed by atoms with Crippen molar-refractivity contribution in [2.45, 2.75) is 19.4 Å². The Hall–Kier alpha value is -2.44. The Bertz CT molecular complexity index is 496. The summed E-state index contributed by atoms with van der Waals surface area (Å²) in [5, 5.41) is 0. The molecule has 0 aliphatic heterocycles. The zero-order valence-corrected chi connectivity index (χ0v) is 11.3. The first kappa shape index (κ1) is 15.6. The number of ether oxygens (including phenoxy) is 1. The molecule has 0 saturated carbocycles. The second-order valence-electron chi connectivity index (χ2n) is 4.02. The monoisotopic (exact) mass is 279 g/mol. The van der Waals surface area contributed by atoms with Crippen LogP contribution in [0.4, 0.5) is 0 Å². The zero-order valence-electron chi connectivity index (χ0n) is 11.3. The summed E-state index contributed by atoms with van der Waals surface area (Å²) < 4.78 is 6.45. The molecule has 0 aliphatic rings. The number of imidazole rings is 1. The van der Waals surface area contributed by atoms with E-state index >= 15 is 0 Å². The summed E-state index contributed by atoms with van der Waals surface area (Å²) in [6, 6.07) is 0. The van der Waals surface area contributed by atoms with E-state index in [4.69, 9.17) is 4.74 Å². The fourth-order valence-electron chi connectivity index (χ4n) is 1.43. The molecule has 1 aromatic rings. The number of carbonyl (C=O) groups is 3. The van der Waals surface area contributed by atoms with Gasteiger partial charge in [0.25, 0.3) is 5.91 Å². The molecule has 0 atom stereocenters. The molecule has 1 rings (SSSR count). The van der Waals surface area contributed by atoms with E-state index in [0.717, 1.165) is 6.29 Å². The number of rotatable bonds is 8. The number of carbonyl (C=O) groups excluding carboxylic acids is 3. The Morgan fingerprint density at radius 3 is 2.95 bits per heavy atom. The summed E-state index contributed by atoms with van der Waals surface area (Å²) in [4.78, 5) is 38.6. The second kappa shape index (κ2) is 7.88. The fourth-order valence-corrected chi connectivity index (χ4v) is 1.43. The van der Waals surface area contributed by atoms with Gasteiger partial charge in [-0.15, -0.1) is 0 Å². The van der Waals surface area contributed by atoms with Crippen molar-refractivity contribution in [3.05, 3.63) is 31.0 Å². The van der Waals surface area contributed by atoms with Crippen LogP contribution in [0.5, 0.6) is 0 Å². The highest BCUT2D eigenvalue weighted by Crippen LogP contribution is 2.01. The van der Waals surface area contributed by atoms with Crippen molar-refractivity contribution < 1.29 is 19.1 Å². The van der Waals surface area contributed by atoms with Crippen LogP contribution in [0.2, 0.25) is 0 Å². The molecule has 20 heavy (non-hydrogen) atoms. The highest BCUT2D eigenvalue weighted by Gasteiger charge is 2.12. The SMILES string of the molecule is C=CN(C)C(=O)COC(=O)Cn1ccnc1CCC=O. The number of aromatic nitrogens is 2. The summed E-state index contributed by atoms with van der Waals surface area (Å²) in [5.74, 6) is -0.273. The minimum Gasteiger partial charge on any atom is -0.454 e. The van der Waals surface area contributed by atoms with Crippen LogP contribution in [0, 0.1) is 0 Å². The van der Waals surface area contributed by atoms with E-state index in [1.807, 2.05) is 0 Å². The topological polar surface area (TPSA) is 81.5 Å². The van der Waals surface area contributed by atoms with Gasteiger partial charge in [0.2, 0.25) is 0 Å². The van der Waals surface area contributed by atoms with E-state index in [2.05, 4.69) is 11.6 Å². The molecule has 0 spiro atoms. The molecule has 7 nitrogen and oxygen atoms in total. The normalized spacial score (nSPS) is 9.85. The number of hydrogen-bond donors (Lipinski definition) is 0. The van der Waals surface area contributed by atoms with E-state index in [0.29, 0.717) is 18.7 Å². The van der Waals surface area contributed by atoms with Crippen LogP contribution in [-0.2, 0) is 32.1 Å². The molecule has 0 aliphatic carbocycles. The van der Waals surface area contributed by atoms with Crippen molar-refractivity contribution in [1.82, 2.24) is 14.5 Å². The molecule has 1 aromatic heterocycles. The summed E-state index contributed by atoms with van der Waals surface area (Å²) in [6.45, 7) is 3.06. The van der Waals surface area contributed by atoms with Gasteiger partial charge in [0.15, 0.2) is 6.61 Å². The number of nitrogens with zero attached hydrogens (tertiary/aromatic N) is 3. The van der Waals surface area contributed by atoms with Crippen LogP contribution < -0.4 is 0 Å².